The van der Waals surface area contributed by atoms with Crippen molar-refractivity contribution in [2.24, 2.45) is 0 Å². The molecule has 3 aromatic rings. The van der Waals surface area contributed by atoms with Gasteiger partial charge in [-0.25, -0.2) is 4.39 Å². The summed E-state index contributed by atoms with van der Waals surface area (Å²) in [6.45, 7) is 2.72. The van der Waals surface area contributed by atoms with Crippen LogP contribution in [-0.2, 0) is 4.79 Å². The Morgan fingerprint density at radius 3 is 2.86 bits per heavy atom. The van der Waals surface area contributed by atoms with E-state index in [0.717, 1.165) is 0 Å². The third-order valence-electron chi connectivity index (χ3n) is 3.95. The number of hydrogen-bond donors (Lipinski definition) is 1. The molecular weight excluding hydrogens is 385 g/mol. The minimum atomic E-state index is -0.494. The number of anilines is 1. The molecule has 1 aliphatic heterocycles. The van der Waals surface area contributed by atoms with E-state index in [1.54, 1.807) is 37.3 Å². The highest BCUT2D eigenvalue weighted by Gasteiger charge is 2.20. The fraction of sp³-hybridized carbons (Fsp3) is 0.222. The fourth-order valence-corrected chi connectivity index (χ4v) is 3.41. The second kappa shape index (κ2) is 7.85. The van der Waals surface area contributed by atoms with E-state index in [0.29, 0.717) is 41.2 Å². The van der Waals surface area contributed by atoms with Gasteiger partial charge in [-0.1, -0.05) is 17.8 Å². The first kappa shape index (κ1) is 18.2. The van der Waals surface area contributed by atoms with Gasteiger partial charge in [0.1, 0.15) is 19.0 Å². The third kappa shape index (κ3) is 3.91. The van der Waals surface area contributed by atoms with E-state index >= 15 is 0 Å². The number of amides is 1. The molecule has 8 nitrogen and oxygen atoms in total. The van der Waals surface area contributed by atoms with E-state index < -0.39 is 11.1 Å². The van der Waals surface area contributed by atoms with E-state index in [9.17, 15) is 9.18 Å². The highest BCUT2D eigenvalue weighted by molar-refractivity contribution is 8.00. The average Bonchev–Trinajstić information content (AvgIpc) is 3.16. The number of rotatable bonds is 5. The van der Waals surface area contributed by atoms with Gasteiger partial charge in [-0.3, -0.25) is 4.79 Å². The zero-order valence-electron chi connectivity index (χ0n) is 14.8. The predicted molar refractivity (Wildman–Crippen MR) is 100 cm³/mol. The molecule has 1 atom stereocenters. The van der Waals surface area contributed by atoms with E-state index in [1.165, 1.54) is 28.6 Å². The Labute approximate surface area is 164 Å². The Balaban J connectivity index is 1.45. The maximum Gasteiger partial charge on any atom is 0.237 e. The van der Waals surface area contributed by atoms with Crippen LogP contribution in [0.25, 0.3) is 5.69 Å². The first-order valence-corrected chi connectivity index (χ1v) is 9.39. The number of carbonyl (C=O) groups excluding carboxylic acids is 1. The van der Waals surface area contributed by atoms with Crippen molar-refractivity contribution in [3.8, 4) is 17.2 Å². The average molecular weight is 401 g/mol. The van der Waals surface area contributed by atoms with Crippen LogP contribution in [-0.4, -0.2) is 44.6 Å². The molecular formula is C18H16FN5O3S. The number of carbonyl (C=O) groups is 1. The third-order valence-corrected chi connectivity index (χ3v) is 4.99. The van der Waals surface area contributed by atoms with Crippen molar-refractivity contribution in [1.82, 2.24) is 20.2 Å². The Morgan fingerprint density at radius 1 is 1.21 bits per heavy atom. The maximum absolute atomic E-state index is 13.5. The van der Waals surface area contributed by atoms with Gasteiger partial charge in [0.25, 0.3) is 0 Å². The highest BCUT2D eigenvalue weighted by atomic mass is 32.2. The normalized spacial score (nSPS) is 13.8. The van der Waals surface area contributed by atoms with Crippen molar-refractivity contribution in [3.63, 3.8) is 0 Å². The Kier molecular flexibility index (Phi) is 5.11. The number of halogens is 1. The lowest BCUT2D eigenvalue weighted by Gasteiger charge is -2.19. The number of nitrogens with one attached hydrogen (secondary N) is 1. The SMILES string of the molecule is C[C@@H](Sc1nnnn1-c1cccc(F)c1)C(=O)Nc1ccc2c(c1)OCCO2. The zero-order valence-corrected chi connectivity index (χ0v) is 15.6. The smallest absolute Gasteiger partial charge is 0.237 e. The first-order chi connectivity index (χ1) is 13.6. The Bertz CT molecular complexity index is 1010. The van der Waals surface area contributed by atoms with Crippen LogP contribution in [0.4, 0.5) is 10.1 Å². The van der Waals surface area contributed by atoms with Crippen LogP contribution in [0.2, 0.25) is 0 Å². The lowest BCUT2D eigenvalue weighted by Crippen LogP contribution is -2.23. The molecule has 0 saturated carbocycles. The number of tetrazole rings is 1. The van der Waals surface area contributed by atoms with Gasteiger partial charge in [0.15, 0.2) is 11.5 Å². The molecule has 0 spiro atoms. The molecule has 4 rings (SSSR count). The number of thioether (sulfide) groups is 1. The molecule has 0 radical (unpaired) electrons. The van der Waals surface area contributed by atoms with Crippen LogP contribution in [0.15, 0.2) is 47.6 Å². The first-order valence-electron chi connectivity index (χ1n) is 8.51. The summed E-state index contributed by atoms with van der Waals surface area (Å²) in [4.78, 5) is 12.6. The van der Waals surface area contributed by atoms with Gasteiger partial charge >= 0.3 is 0 Å². The molecule has 0 unspecified atom stereocenters. The van der Waals surface area contributed by atoms with E-state index in [4.69, 9.17) is 9.47 Å². The number of ether oxygens (including phenoxy) is 2. The van der Waals surface area contributed by atoms with Crippen molar-refractivity contribution >= 4 is 23.4 Å². The minimum Gasteiger partial charge on any atom is -0.486 e. The molecule has 10 heteroatoms. The molecule has 0 saturated heterocycles. The van der Waals surface area contributed by atoms with Crippen LogP contribution in [0.1, 0.15) is 6.92 Å². The summed E-state index contributed by atoms with van der Waals surface area (Å²) >= 11 is 1.17. The van der Waals surface area contributed by atoms with E-state index in [2.05, 4.69) is 20.8 Å². The zero-order chi connectivity index (χ0) is 19.5. The van der Waals surface area contributed by atoms with Gasteiger partial charge in [-0.05, 0) is 47.7 Å². The standard InChI is InChI=1S/C18H16FN5O3S/c1-11(17(25)20-13-5-6-15-16(10-13)27-8-7-26-15)28-18-21-22-23-24(18)14-4-2-3-12(19)9-14/h2-6,9-11H,7-8H2,1H3,(H,20,25)/t11-/m1/s1. The number of benzene rings is 2. The van der Waals surface area contributed by atoms with Gasteiger partial charge in [0, 0.05) is 11.8 Å². The number of nitrogens with zero attached hydrogens (tertiary/aromatic N) is 4. The molecule has 144 valence electrons. The topological polar surface area (TPSA) is 91.2 Å². The summed E-state index contributed by atoms with van der Waals surface area (Å²) in [5.41, 5.74) is 1.08. The molecule has 1 N–H and O–H groups in total. The molecule has 0 aliphatic carbocycles. The van der Waals surface area contributed by atoms with Gasteiger partial charge < -0.3 is 14.8 Å². The fourth-order valence-electron chi connectivity index (χ4n) is 2.60. The second-order valence-corrected chi connectivity index (χ2v) is 7.27. The predicted octanol–water partition coefficient (Wildman–Crippen LogP) is 2.69. The molecule has 1 aliphatic rings. The van der Waals surface area contributed by atoms with Gasteiger partial charge in [-0.2, -0.15) is 4.68 Å². The van der Waals surface area contributed by atoms with Crippen molar-refractivity contribution in [2.75, 3.05) is 18.5 Å². The van der Waals surface area contributed by atoms with Crippen LogP contribution < -0.4 is 14.8 Å². The second-order valence-electron chi connectivity index (χ2n) is 5.96. The van der Waals surface area contributed by atoms with Crippen LogP contribution >= 0.6 is 11.8 Å². The number of aromatic nitrogens is 4. The molecule has 0 fully saturated rings. The molecule has 1 aromatic heterocycles. The van der Waals surface area contributed by atoms with Crippen molar-refractivity contribution in [3.05, 3.63) is 48.3 Å². The maximum atomic E-state index is 13.5. The highest BCUT2D eigenvalue weighted by Crippen LogP contribution is 2.33. The van der Waals surface area contributed by atoms with Crippen LogP contribution in [0.3, 0.4) is 0 Å². The summed E-state index contributed by atoms with van der Waals surface area (Å²) in [6, 6.07) is 11.1. The quantitative estimate of drug-likeness (QED) is 0.657. The largest absolute Gasteiger partial charge is 0.486 e. The monoisotopic (exact) mass is 401 g/mol. The molecule has 2 aromatic carbocycles. The van der Waals surface area contributed by atoms with Crippen molar-refractivity contribution < 1.29 is 18.7 Å². The lowest BCUT2D eigenvalue weighted by molar-refractivity contribution is -0.115. The van der Waals surface area contributed by atoms with Gasteiger partial charge in [0.05, 0.1) is 10.9 Å². The summed E-state index contributed by atoms with van der Waals surface area (Å²) in [7, 11) is 0. The van der Waals surface area contributed by atoms with E-state index in [-0.39, 0.29) is 5.91 Å². The summed E-state index contributed by atoms with van der Waals surface area (Å²) in [5.74, 6) is 0.629. The van der Waals surface area contributed by atoms with Crippen molar-refractivity contribution in [1.29, 1.82) is 0 Å². The lowest BCUT2D eigenvalue weighted by atomic mass is 10.2. The minimum absolute atomic E-state index is 0.226. The van der Waals surface area contributed by atoms with E-state index in [1.807, 2.05) is 0 Å². The molecule has 0 bridgehead atoms. The number of fused-ring (bicyclic) bond motifs is 1. The van der Waals surface area contributed by atoms with Crippen LogP contribution in [0, 0.1) is 5.82 Å². The summed E-state index contributed by atoms with van der Waals surface area (Å²) in [6.07, 6.45) is 0. The van der Waals surface area contributed by atoms with Gasteiger partial charge in [-0.15, -0.1) is 5.10 Å². The Morgan fingerprint density at radius 2 is 2.04 bits per heavy atom. The molecule has 1 amide bonds. The Hall–Kier alpha value is -3.14. The van der Waals surface area contributed by atoms with Crippen LogP contribution in [0.5, 0.6) is 11.5 Å². The summed E-state index contributed by atoms with van der Waals surface area (Å²) in [5, 5.41) is 14.2. The molecule has 28 heavy (non-hydrogen) atoms. The van der Waals surface area contributed by atoms with Crippen molar-refractivity contribution in [2.45, 2.75) is 17.3 Å². The number of hydrogen-bond acceptors (Lipinski definition) is 7. The molecule has 2 heterocycles. The van der Waals surface area contributed by atoms with Gasteiger partial charge in [0.2, 0.25) is 11.1 Å². The summed E-state index contributed by atoms with van der Waals surface area (Å²) < 4.78 is 25.9.